The molecule has 0 saturated heterocycles. The fourth-order valence-corrected chi connectivity index (χ4v) is 3.05. The Hall–Kier alpha value is -2.28. The van der Waals surface area contributed by atoms with Crippen LogP contribution in [0.1, 0.15) is 25.0 Å². The number of rotatable bonds is 7. The number of aromatic hydroxyl groups is 1. The van der Waals surface area contributed by atoms with Crippen LogP contribution in [-0.2, 0) is 11.2 Å². The topological polar surface area (TPSA) is 86.3 Å². The fraction of sp³-hybridized carbons (Fsp3) is 0.353. The number of thioether (sulfide) groups is 1. The molecule has 1 amide bonds. The van der Waals surface area contributed by atoms with Crippen molar-refractivity contribution < 1.29 is 9.90 Å². The summed E-state index contributed by atoms with van der Waals surface area (Å²) >= 11 is 1.11. The Kier molecular flexibility index (Phi) is 6.43. The van der Waals surface area contributed by atoms with Gasteiger partial charge in [-0.15, -0.1) is 0 Å². The molecular weight excluding hydrogens is 326 g/mol. The zero-order valence-corrected chi connectivity index (χ0v) is 14.6. The number of carbonyl (C=O) groups excluding carboxylic acids is 1. The molecule has 0 aliphatic carbocycles. The van der Waals surface area contributed by atoms with Gasteiger partial charge >= 0.3 is 0 Å². The van der Waals surface area contributed by atoms with Gasteiger partial charge in [0, 0.05) is 19.5 Å². The van der Waals surface area contributed by atoms with Crippen LogP contribution in [-0.4, -0.2) is 44.7 Å². The number of aromatic nitrogens is 2. The summed E-state index contributed by atoms with van der Waals surface area (Å²) in [6.07, 6.45) is 0.304. The largest absolute Gasteiger partial charge is 0.493 e. The highest BCUT2D eigenvalue weighted by molar-refractivity contribution is 7.99. The lowest BCUT2D eigenvalue weighted by Gasteiger charge is -2.17. The minimum absolute atomic E-state index is 0.0273. The van der Waals surface area contributed by atoms with E-state index in [0.29, 0.717) is 19.5 Å². The Morgan fingerprint density at radius 3 is 2.50 bits per heavy atom. The molecule has 2 N–H and O–H groups in total. The van der Waals surface area contributed by atoms with Crippen molar-refractivity contribution in [2.24, 2.45) is 0 Å². The average molecular weight is 347 g/mol. The van der Waals surface area contributed by atoms with E-state index in [-0.39, 0.29) is 33.8 Å². The second-order valence-electron chi connectivity index (χ2n) is 5.19. The van der Waals surface area contributed by atoms with Gasteiger partial charge in [-0.05, 0) is 19.4 Å². The van der Waals surface area contributed by atoms with Crippen molar-refractivity contribution in [1.29, 1.82) is 0 Å². The highest BCUT2D eigenvalue weighted by Gasteiger charge is 2.14. The van der Waals surface area contributed by atoms with Crippen molar-refractivity contribution in [2.75, 3.05) is 18.8 Å². The molecule has 7 heteroatoms. The number of carbonyl (C=O) groups is 1. The van der Waals surface area contributed by atoms with E-state index in [0.717, 1.165) is 17.3 Å². The summed E-state index contributed by atoms with van der Waals surface area (Å²) in [5, 5.41) is 10.3. The maximum atomic E-state index is 12.2. The molecule has 0 fully saturated rings. The van der Waals surface area contributed by atoms with Gasteiger partial charge in [0.2, 0.25) is 11.8 Å². The Morgan fingerprint density at radius 2 is 1.92 bits per heavy atom. The first-order chi connectivity index (χ1) is 11.5. The van der Waals surface area contributed by atoms with E-state index in [1.165, 1.54) is 0 Å². The average Bonchev–Trinajstić information content (AvgIpc) is 2.58. The van der Waals surface area contributed by atoms with Gasteiger partial charge in [-0.2, -0.15) is 4.98 Å². The molecule has 0 unspecified atom stereocenters. The van der Waals surface area contributed by atoms with Gasteiger partial charge in [0.1, 0.15) is 0 Å². The van der Waals surface area contributed by atoms with E-state index in [9.17, 15) is 14.7 Å². The number of nitrogens with one attached hydrogen (secondary N) is 1. The quantitative estimate of drug-likeness (QED) is 0.591. The molecular formula is C17H21N3O3S. The lowest BCUT2D eigenvalue weighted by molar-refractivity contribution is -0.127. The summed E-state index contributed by atoms with van der Waals surface area (Å²) in [5.41, 5.74) is 0.752. The molecule has 0 saturated carbocycles. The van der Waals surface area contributed by atoms with E-state index in [4.69, 9.17) is 0 Å². The third-order valence-corrected chi connectivity index (χ3v) is 4.50. The normalized spacial score (nSPS) is 10.6. The van der Waals surface area contributed by atoms with E-state index in [1.54, 1.807) is 4.90 Å². The van der Waals surface area contributed by atoms with E-state index < -0.39 is 0 Å². The molecule has 2 aromatic rings. The first-order valence-electron chi connectivity index (χ1n) is 7.81. The predicted octanol–water partition coefficient (Wildman–Crippen LogP) is 2.03. The van der Waals surface area contributed by atoms with Crippen LogP contribution in [0.3, 0.4) is 0 Å². The number of hydrogen-bond donors (Lipinski definition) is 2. The molecule has 0 atom stereocenters. The minimum atomic E-state index is -0.385. The highest BCUT2D eigenvalue weighted by Crippen LogP contribution is 2.19. The van der Waals surface area contributed by atoms with Crippen molar-refractivity contribution in [2.45, 2.75) is 25.4 Å². The summed E-state index contributed by atoms with van der Waals surface area (Å²) in [6, 6.07) is 9.39. The van der Waals surface area contributed by atoms with Crippen molar-refractivity contribution in [1.82, 2.24) is 14.9 Å². The molecule has 0 aliphatic heterocycles. The van der Waals surface area contributed by atoms with Crippen LogP contribution in [0.5, 0.6) is 5.88 Å². The standard InChI is InChI=1S/C17H21N3O3S/c1-3-20(4-2)14(21)11-24-17-18-15(22)13(16(23)19-17)10-12-8-6-5-7-9-12/h5-9H,3-4,10-11H2,1-2H3,(H2,18,19,22,23). The molecule has 128 valence electrons. The monoisotopic (exact) mass is 347 g/mol. The number of hydrogen-bond acceptors (Lipinski definition) is 5. The highest BCUT2D eigenvalue weighted by atomic mass is 32.2. The molecule has 2 rings (SSSR count). The van der Waals surface area contributed by atoms with Crippen LogP contribution >= 0.6 is 11.8 Å². The van der Waals surface area contributed by atoms with Crippen LogP contribution in [0, 0.1) is 0 Å². The van der Waals surface area contributed by atoms with E-state index >= 15 is 0 Å². The molecule has 0 aliphatic rings. The first kappa shape index (κ1) is 18.1. The van der Waals surface area contributed by atoms with Crippen LogP contribution < -0.4 is 5.56 Å². The zero-order valence-electron chi connectivity index (χ0n) is 13.8. The molecule has 1 aromatic heterocycles. The zero-order chi connectivity index (χ0) is 17.5. The number of aromatic amines is 1. The summed E-state index contributed by atoms with van der Waals surface area (Å²) in [7, 11) is 0. The van der Waals surface area contributed by atoms with E-state index in [2.05, 4.69) is 9.97 Å². The molecule has 24 heavy (non-hydrogen) atoms. The predicted molar refractivity (Wildman–Crippen MR) is 94.4 cm³/mol. The Morgan fingerprint density at radius 1 is 1.25 bits per heavy atom. The maximum Gasteiger partial charge on any atom is 0.258 e. The first-order valence-corrected chi connectivity index (χ1v) is 8.80. The second-order valence-corrected chi connectivity index (χ2v) is 6.15. The van der Waals surface area contributed by atoms with E-state index in [1.807, 2.05) is 44.2 Å². The molecule has 1 heterocycles. The Bertz CT molecular complexity index is 742. The summed E-state index contributed by atoms with van der Waals surface area (Å²) in [4.78, 5) is 32.5. The van der Waals surface area contributed by atoms with Gasteiger partial charge in [0.05, 0.1) is 11.3 Å². The van der Waals surface area contributed by atoms with Crippen LogP contribution in [0.4, 0.5) is 0 Å². The molecule has 0 spiro atoms. The lowest BCUT2D eigenvalue weighted by atomic mass is 10.1. The SMILES string of the molecule is CCN(CC)C(=O)CSc1nc(O)c(Cc2ccccc2)c(=O)[nH]1. The Labute approximate surface area is 144 Å². The molecule has 1 aromatic carbocycles. The Balaban J connectivity index is 2.09. The minimum Gasteiger partial charge on any atom is -0.493 e. The number of amides is 1. The molecule has 0 radical (unpaired) electrons. The van der Waals surface area contributed by atoms with Gasteiger partial charge in [0.25, 0.3) is 5.56 Å². The third-order valence-electron chi connectivity index (χ3n) is 3.64. The van der Waals surface area contributed by atoms with Gasteiger partial charge in [-0.1, -0.05) is 42.1 Å². The van der Waals surface area contributed by atoms with Crippen LogP contribution in [0.2, 0.25) is 0 Å². The summed E-state index contributed by atoms with van der Waals surface area (Å²) in [6.45, 7) is 5.11. The number of benzene rings is 1. The van der Waals surface area contributed by atoms with Crippen LogP contribution in [0.25, 0.3) is 0 Å². The van der Waals surface area contributed by atoms with Gasteiger partial charge in [-0.25, -0.2) is 0 Å². The van der Waals surface area contributed by atoms with Gasteiger partial charge < -0.3 is 15.0 Å². The summed E-state index contributed by atoms with van der Waals surface area (Å²) in [5.74, 6) is -0.150. The van der Waals surface area contributed by atoms with Gasteiger partial charge in [0.15, 0.2) is 5.16 Å². The van der Waals surface area contributed by atoms with Gasteiger partial charge in [-0.3, -0.25) is 9.59 Å². The third kappa shape index (κ3) is 4.61. The smallest absolute Gasteiger partial charge is 0.258 e. The molecule has 0 bridgehead atoms. The number of nitrogens with zero attached hydrogens (tertiary/aromatic N) is 2. The fourth-order valence-electron chi connectivity index (χ4n) is 2.29. The van der Waals surface area contributed by atoms with Crippen molar-refractivity contribution in [3.63, 3.8) is 0 Å². The van der Waals surface area contributed by atoms with Crippen molar-refractivity contribution >= 4 is 17.7 Å². The lowest BCUT2D eigenvalue weighted by Crippen LogP contribution is -2.32. The van der Waals surface area contributed by atoms with Crippen molar-refractivity contribution in [3.8, 4) is 5.88 Å². The maximum absolute atomic E-state index is 12.2. The summed E-state index contributed by atoms with van der Waals surface area (Å²) < 4.78 is 0. The second kappa shape index (κ2) is 8.54. The number of H-pyrrole nitrogens is 1. The molecule has 6 nitrogen and oxygen atoms in total. The van der Waals surface area contributed by atoms with Crippen LogP contribution in [0.15, 0.2) is 40.3 Å². The van der Waals surface area contributed by atoms with Crippen molar-refractivity contribution in [3.05, 3.63) is 51.8 Å².